The highest BCUT2D eigenvalue weighted by molar-refractivity contribution is 5.85. The molecule has 0 unspecified atom stereocenters. The zero-order chi connectivity index (χ0) is 21.4. The largest absolute Gasteiger partial charge is 0.490 e. The van der Waals surface area contributed by atoms with Gasteiger partial charge >= 0.3 is 18.1 Å². The molecular formula is C17H16F3N3O6. The van der Waals surface area contributed by atoms with Gasteiger partial charge in [0, 0.05) is 12.7 Å². The number of ether oxygens (including phenoxy) is 2. The van der Waals surface area contributed by atoms with E-state index in [1.807, 2.05) is 18.2 Å². The Morgan fingerprint density at radius 1 is 1.14 bits per heavy atom. The summed E-state index contributed by atoms with van der Waals surface area (Å²) in [5, 5.41) is 19.0. The first-order valence-corrected chi connectivity index (χ1v) is 8.16. The summed E-state index contributed by atoms with van der Waals surface area (Å²) < 4.78 is 42.9. The first kappa shape index (κ1) is 21.7. The monoisotopic (exact) mass is 415 g/mol. The molecule has 0 saturated heterocycles. The van der Waals surface area contributed by atoms with Gasteiger partial charge in [0.2, 0.25) is 5.95 Å². The molecule has 156 valence electrons. The van der Waals surface area contributed by atoms with Crippen molar-refractivity contribution in [3.05, 3.63) is 41.7 Å². The fourth-order valence-electron chi connectivity index (χ4n) is 2.20. The van der Waals surface area contributed by atoms with E-state index >= 15 is 0 Å². The molecule has 0 bridgehead atoms. The number of fused-ring (bicyclic) bond motifs is 1. The quantitative estimate of drug-likeness (QED) is 0.673. The van der Waals surface area contributed by atoms with E-state index in [1.54, 1.807) is 0 Å². The van der Waals surface area contributed by atoms with Crippen LogP contribution in [-0.2, 0) is 11.2 Å². The molecule has 3 N–H and O–H groups in total. The van der Waals surface area contributed by atoms with Crippen molar-refractivity contribution < 1.29 is 42.4 Å². The van der Waals surface area contributed by atoms with E-state index < -0.39 is 18.1 Å². The van der Waals surface area contributed by atoms with Crippen LogP contribution in [0.25, 0.3) is 0 Å². The first-order chi connectivity index (χ1) is 13.7. The van der Waals surface area contributed by atoms with Crippen LogP contribution in [0.4, 0.5) is 19.1 Å². The van der Waals surface area contributed by atoms with E-state index in [2.05, 4.69) is 15.3 Å². The van der Waals surface area contributed by atoms with Gasteiger partial charge in [0.15, 0.2) is 17.2 Å². The lowest BCUT2D eigenvalue weighted by Crippen LogP contribution is -2.21. The molecule has 0 fully saturated rings. The van der Waals surface area contributed by atoms with Crippen LogP contribution in [0.5, 0.6) is 11.5 Å². The molecule has 0 saturated carbocycles. The number of carboxylic acids is 2. The Labute approximate surface area is 162 Å². The molecule has 0 amide bonds. The summed E-state index contributed by atoms with van der Waals surface area (Å²) in [5.41, 5.74) is 0.991. The number of nitrogens with one attached hydrogen (secondary N) is 1. The number of hydrogen-bond donors (Lipinski definition) is 3. The van der Waals surface area contributed by atoms with Gasteiger partial charge in [-0.2, -0.15) is 13.2 Å². The minimum atomic E-state index is -5.08. The minimum Gasteiger partial charge on any atom is -0.486 e. The second kappa shape index (κ2) is 9.57. The molecule has 9 nitrogen and oxygen atoms in total. The van der Waals surface area contributed by atoms with Crippen LogP contribution < -0.4 is 14.8 Å². The van der Waals surface area contributed by atoms with Crippen LogP contribution >= 0.6 is 0 Å². The number of aromatic carboxylic acids is 1. The second-order valence-electron chi connectivity index (χ2n) is 5.49. The Morgan fingerprint density at radius 3 is 2.48 bits per heavy atom. The first-order valence-electron chi connectivity index (χ1n) is 8.16. The van der Waals surface area contributed by atoms with Gasteiger partial charge in [-0.3, -0.25) is 0 Å². The molecule has 0 aliphatic carbocycles. The van der Waals surface area contributed by atoms with Crippen LogP contribution in [-0.4, -0.2) is 58.1 Å². The van der Waals surface area contributed by atoms with Crippen LogP contribution in [0.1, 0.15) is 16.1 Å². The topological polar surface area (TPSA) is 131 Å². The van der Waals surface area contributed by atoms with Crippen molar-refractivity contribution in [2.75, 3.05) is 25.1 Å². The number of aliphatic carboxylic acids is 1. The molecule has 29 heavy (non-hydrogen) atoms. The number of benzene rings is 1. The maximum atomic E-state index is 10.9. The second-order valence-corrected chi connectivity index (χ2v) is 5.49. The van der Waals surface area contributed by atoms with E-state index in [-0.39, 0.29) is 5.69 Å². The van der Waals surface area contributed by atoms with E-state index in [4.69, 9.17) is 24.5 Å². The summed E-state index contributed by atoms with van der Waals surface area (Å²) in [6.07, 6.45) is -2.98. The summed E-state index contributed by atoms with van der Waals surface area (Å²) >= 11 is 0. The Balaban J connectivity index is 0.000000370. The van der Waals surface area contributed by atoms with Crippen LogP contribution in [0, 0.1) is 0 Å². The van der Waals surface area contributed by atoms with Gasteiger partial charge in [-0.25, -0.2) is 19.6 Å². The van der Waals surface area contributed by atoms with Gasteiger partial charge in [-0.05, 0) is 24.1 Å². The maximum Gasteiger partial charge on any atom is 0.490 e. The normalized spacial score (nSPS) is 12.4. The number of anilines is 1. The van der Waals surface area contributed by atoms with Gasteiger partial charge in [0.05, 0.1) is 0 Å². The molecule has 1 aliphatic heterocycles. The number of para-hydroxylation sites is 1. The Morgan fingerprint density at radius 2 is 1.83 bits per heavy atom. The number of aromatic nitrogens is 2. The van der Waals surface area contributed by atoms with Crippen molar-refractivity contribution in [1.82, 2.24) is 9.97 Å². The number of carboxylic acid groups (broad SMARTS) is 2. The third-order valence-electron chi connectivity index (χ3n) is 3.44. The van der Waals surface area contributed by atoms with Crippen molar-refractivity contribution in [3.63, 3.8) is 0 Å². The Kier molecular flexibility index (Phi) is 7.17. The predicted molar refractivity (Wildman–Crippen MR) is 92.3 cm³/mol. The number of alkyl halides is 3. The summed E-state index contributed by atoms with van der Waals surface area (Å²) in [6, 6.07) is 7.13. The van der Waals surface area contributed by atoms with Crippen molar-refractivity contribution in [1.29, 1.82) is 0 Å². The molecule has 1 aliphatic rings. The van der Waals surface area contributed by atoms with Gasteiger partial charge in [0.1, 0.15) is 13.2 Å². The summed E-state index contributed by atoms with van der Waals surface area (Å²) in [4.78, 5) is 27.7. The minimum absolute atomic E-state index is 0.0358. The third kappa shape index (κ3) is 6.52. The number of carbonyl (C=O) groups is 2. The smallest absolute Gasteiger partial charge is 0.486 e. The molecule has 1 aromatic carbocycles. The molecule has 1 aromatic heterocycles. The molecule has 0 spiro atoms. The number of rotatable bonds is 5. The molecule has 0 atom stereocenters. The van der Waals surface area contributed by atoms with Gasteiger partial charge in [-0.15, -0.1) is 0 Å². The van der Waals surface area contributed by atoms with Crippen LogP contribution in [0.15, 0.2) is 30.5 Å². The Hall–Kier alpha value is -3.57. The fraction of sp³-hybridized carbons (Fsp3) is 0.294. The highest BCUT2D eigenvalue weighted by Gasteiger charge is 2.38. The fourth-order valence-corrected chi connectivity index (χ4v) is 2.20. The standard InChI is InChI=1S/C15H15N3O4.C2HF3O2/c19-14(20)11-5-7-17-15(18-11)16-6-4-10-2-1-3-12-13(10)22-9-8-21-12;3-2(4,5)1(6)7/h1-3,5,7H,4,6,8-9H2,(H,19,20)(H,16,17,18);(H,6,7). The van der Waals surface area contributed by atoms with Crippen molar-refractivity contribution in [2.24, 2.45) is 0 Å². The Bertz CT molecular complexity index is 876. The molecule has 2 heterocycles. The van der Waals surface area contributed by atoms with E-state index in [9.17, 15) is 18.0 Å². The SMILES string of the molecule is O=C(O)C(F)(F)F.O=C(O)c1ccnc(NCCc2cccc3c2OCCO3)n1. The van der Waals surface area contributed by atoms with Crippen LogP contribution in [0.2, 0.25) is 0 Å². The zero-order valence-corrected chi connectivity index (χ0v) is 14.8. The highest BCUT2D eigenvalue weighted by atomic mass is 19.4. The zero-order valence-electron chi connectivity index (χ0n) is 14.8. The van der Waals surface area contributed by atoms with Crippen molar-refractivity contribution >= 4 is 17.9 Å². The summed E-state index contributed by atoms with van der Waals surface area (Å²) in [6.45, 7) is 1.66. The van der Waals surface area contributed by atoms with E-state index in [0.717, 1.165) is 17.1 Å². The molecule has 3 rings (SSSR count). The average molecular weight is 415 g/mol. The molecule has 2 aromatic rings. The van der Waals surface area contributed by atoms with E-state index in [0.29, 0.717) is 32.1 Å². The number of hydrogen-bond acceptors (Lipinski definition) is 7. The lowest BCUT2D eigenvalue weighted by atomic mass is 10.1. The van der Waals surface area contributed by atoms with Crippen LogP contribution in [0.3, 0.4) is 0 Å². The summed E-state index contributed by atoms with van der Waals surface area (Å²) in [7, 11) is 0. The van der Waals surface area contributed by atoms with Crippen molar-refractivity contribution in [3.8, 4) is 11.5 Å². The maximum absolute atomic E-state index is 10.9. The molecular weight excluding hydrogens is 399 g/mol. The average Bonchev–Trinajstić information content (AvgIpc) is 2.68. The lowest BCUT2D eigenvalue weighted by molar-refractivity contribution is -0.192. The third-order valence-corrected chi connectivity index (χ3v) is 3.44. The van der Waals surface area contributed by atoms with Crippen molar-refractivity contribution in [2.45, 2.75) is 12.6 Å². The van der Waals surface area contributed by atoms with Gasteiger partial charge in [0.25, 0.3) is 0 Å². The highest BCUT2D eigenvalue weighted by Crippen LogP contribution is 2.33. The molecule has 0 radical (unpaired) electrons. The van der Waals surface area contributed by atoms with Gasteiger partial charge in [-0.1, -0.05) is 12.1 Å². The van der Waals surface area contributed by atoms with Gasteiger partial charge < -0.3 is 25.0 Å². The lowest BCUT2D eigenvalue weighted by Gasteiger charge is -2.21. The molecule has 12 heteroatoms. The number of halogens is 3. The number of nitrogens with zero attached hydrogens (tertiary/aromatic N) is 2. The summed E-state index contributed by atoms with van der Waals surface area (Å²) in [5.74, 6) is -2.01. The van der Waals surface area contributed by atoms with E-state index in [1.165, 1.54) is 12.3 Å². The predicted octanol–water partition coefficient (Wildman–Crippen LogP) is 2.23.